The molecule has 6 heteroatoms. The summed E-state index contributed by atoms with van der Waals surface area (Å²) in [6, 6.07) is 1.65. The smallest absolute Gasteiger partial charge is 0.341 e. The Morgan fingerprint density at radius 2 is 2.10 bits per heavy atom. The Hall–Kier alpha value is -1.82. The molecule has 0 bridgehead atoms. The number of hydrogen-bond donors (Lipinski definition) is 1. The number of nitrogens with zero attached hydrogens (tertiary/aromatic N) is 1. The first-order chi connectivity index (χ1) is 10.0. The Labute approximate surface area is 124 Å². The fraction of sp³-hybridized carbons (Fsp3) is 0.600. The Bertz CT molecular complexity index is 518. The van der Waals surface area contributed by atoms with Gasteiger partial charge in [0.15, 0.2) is 0 Å². The standard InChI is InChI=1S/C15H22N2O4/c1-10-13(15(19)20-3)8-12(21-10)9-17(2)14(18)11-4-6-16-7-5-11/h8,11,16H,4-7,9H2,1-3H3. The zero-order valence-electron chi connectivity index (χ0n) is 12.8. The quantitative estimate of drug-likeness (QED) is 0.848. The summed E-state index contributed by atoms with van der Waals surface area (Å²) >= 11 is 0. The van der Waals surface area contributed by atoms with Crippen LogP contribution in [-0.2, 0) is 16.1 Å². The third-order valence-corrected chi connectivity index (χ3v) is 3.83. The second-order valence-electron chi connectivity index (χ2n) is 5.39. The summed E-state index contributed by atoms with van der Waals surface area (Å²) in [5.74, 6) is 0.893. The maximum atomic E-state index is 12.3. The van der Waals surface area contributed by atoms with Gasteiger partial charge in [-0.3, -0.25) is 4.79 Å². The van der Waals surface area contributed by atoms with Crippen LogP contribution >= 0.6 is 0 Å². The summed E-state index contributed by atoms with van der Waals surface area (Å²) in [4.78, 5) is 25.6. The first-order valence-corrected chi connectivity index (χ1v) is 7.16. The van der Waals surface area contributed by atoms with E-state index in [0.717, 1.165) is 25.9 Å². The van der Waals surface area contributed by atoms with Crippen molar-refractivity contribution in [1.82, 2.24) is 10.2 Å². The van der Waals surface area contributed by atoms with Crippen molar-refractivity contribution in [3.8, 4) is 0 Å². The molecule has 0 atom stereocenters. The van der Waals surface area contributed by atoms with Crippen molar-refractivity contribution in [3.05, 3.63) is 23.2 Å². The van der Waals surface area contributed by atoms with Crippen LogP contribution in [0.2, 0.25) is 0 Å². The van der Waals surface area contributed by atoms with Gasteiger partial charge in [-0.25, -0.2) is 4.79 Å². The van der Waals surface area contributed by atoms with Gasteiger partial charge in [0.25, 0.3) is 0 Å². The van der Waals surface area contributed by atoms with E-state index in [0.29, 0.717) is 23.6 Å². The zero-order valence-corrected chi connectivity index (χ0v) is 12.8. The summed E-state index contributed by atoms with van der Waals surface area (Å²) in [6.07, 6.45) is 1.74. The fourth-order valence-electron chi connectivity index (χ4n) is 2.63. The average molecular weight is 294 g/mol. The molecule has 6 nitrogen and oxygen atoms in total. The highest BCUT2D eigenvalue weighted by Gasteiger charge is 2.25. The summed E-state index contributed by atoms with van der Waals surface area (Å²) < 4.78 is 10.2. The maximum absolute atomic E-state index is 12.3. The van der Waals surface area contributed by atoms with Crippen molar-refractivity contribution in [2.75, 3.05) is 27.2 Å². The number of methoxy groups -OCH3 is 1. The maximum Gasteiger partial charge on any atom is 0.341 e. The number of furan rings is 1. The van der Waals surface area contributed by atoms with Gasteiger partial charge < -0.3 is 19.4 Å². The van der Waals surface area contributed by atoms with Crippen molar-refractivity contribution in [1.29, 1.82) is 0 Å². The van der Waals surface area contributed by atoms with Crippen molar-refractivity contribution in [2.24, 2.45) is 5.92 Å². The lowest BCUT2D eigenvalue weighted by Crippen LogP contribution is -2.38. The van der Waals surface area contributed by atoms with E-state index in [1.807, 2.05) is 0 Å². The normalized spacial score (nSPS) is 15.8. The first kappa shape index (κ1) is 15.6. The fourth-order valence-corrected chi connectivity index (χ4v) is 2.63. The molecule has 116 valence electrons. The number of carbonyl (C=O) groups is 2. The van der Waals surface area contributed by atoms with Gasteiger partial charge >= 0.3 is 5.97 Å². The number of hydrogen-bond acceptors (Lipinski definition) is 5. The molecule has 1 saturated heterocycles. The Kier molecular flexibility index (Phi) is 5.01. The molecule has 0 aromatic carbocycles. The molecule has 0 unspecified atom stereocenters. The molecule has 0 saturated carbocycles. The minimum atomic E-state index is -0.421. The van der Waals surface area contributed by atoms with Crippen LogP contribution < -0.4 is 5.32 Å². The predicted molar refractivity (Wildman–Crippen MR) is 76.9 cm³/mol. The second kappa shape index (κ2) is 6.76. The summed E-state index contributed by atoms with van der Waals surface area (Å²) in [5.41, 5.74) is 0.412. The molecule has 1 aliphatic heterocycles. The van der Waals surface area contributed by atoms with Gasteiger partial charge in [-0.2, -0.15) is 0 Å². The molecule has 1 aliphatic rings. The number of amides is 1. The molecule has 1 aromatic heterocycles. The lowest BCUT2D eigenvalue weighted by Gasteiger charge is -2.26. The van der Waals surface area contributed by atoms with E-state index in [-0.39, 0.29) is 11.8 Å². The van der Waals surface area contributed by atoms with Crippen LogP contribution in [0.1, 0.15) is 34.7 Å². The highest BCUT2D eigenvalue weighted by Crippen LogP contribution is 2.19. The number of esters is 1. The van der Waals surface area contributed by atoms with Gasteiger partial charge in [0, 0.05) is 13.0 Å². The summed E-state index contributed by atoms with van der Waals surface area (Å²) in [6.45, 7) is 3.85. The SMILES string of the molecule is COC(=O)c1cc(CN(C)C(=O)C2CCNCC2)oc1C. The first-order valence-electron chi connectivity index (χ1n) is 7.16. The van der Waals surface area contributed by atoms with Crippen molar-refractivity contribution in [2.45, 2.75) is 26.3 Å². The molecular formula is C15H22N2O4. The van der Waals surface area contributed by atoms with Crippen LogP contribution in [0.4, 0.5) is 0 Å². The van der Waals surface area contributed by atoms with Crippen LogP contribution in [-0.4, -0.2) is 44.0 Å². The predicted octanol–water partition coefficient (Wildman–Crippen LogP) is 1.33. The number of rotatable bonds is 4. The number of ether oxygens (including phenoxy) is 1. The van der Waals surface area contributed by atoms with Crippen LogP contribution in [0.25, 0.3) is 0 Å². The molecule has 1 aromatic rings. The molecular weight excluding hydrogens is 272 g/mol. The molecule has 21 heavy (non-hydrogen) atoms. The van der Waals surface area contributed by atoms with Crippen LogP contribution in [0.15, 0.2) is 10.5 Å². The minimum Gasteiger partial charge on any atom is -0.465 e. The highest BCUT2D eigenvalue weighted by atomic mass is 16.5. The third kappa shape index (κ3) is 3.64. The van der Waals surface area contributed by atoms with Gasteiger partial charge in [0.2, 0.25) is 5.91 Å². The van der Waals surface area contributed by atoms with E-state index in [1.54, 1.807) is 24.9 Å². The molecule has 0 aliphatic carbocycles. The van der Waals surface area contributed by atoms with Gasteiger partial charge in [-0.1, -0.05) is 0 Å². The van der Waals surface area contributed by atoms with Gasteiger partial charge in [-0.15, -0.1) is 0 Å². The van der Waals surface area contributed by atoms with Crippen molar-refractivity contribution >= 4 is 11.9 Å². The van der Waals surface area contributed by atoms with E-state index in [9.17, 15) is 9.59 Å². The van der Waals surface area contributed by atoms with Crippen LogP contribution in [0.3, 0.4) is 0 Å². The Morgan fingerprint density at radius 1 is 1.43 bits per heavy atom. The van der Waals surface area contributed by atoms with E-state index >= 15 is 0 Å². The molecule has 1 fully saturated rings. The lowest BCUT2D eigenvalue weighted by molar-refractivity contribution is -0.135. The van der Waals surface area contributed by atoms with E-state index < -0.39 is 5.97 Å². The topological polar surface area (TPSA) is 71.8 Å². The average Bonchev–Trinajstić information content (AvgIpc) is 2.87. The molecule has 1 N–H and O–H groups in total. The van der Waals surface area contributed by atoms with Gasteiger partial charge in [-0.05, 0) is 38.9 Å². The van der Waals surface area contributed by atoms with Crippen molar-refractivity contribution < 1.29 is 18.7 Å². The molecule has 2 rings (SSSR count). The zero-order chi connectivity index (χ0) is 15.4. The van der Waals surface area contributed by atoms with Gasteiger partial charge in [0.05, 0.1) is 13.7 Å². The van der Waals surface area contributed by atoms with Crippen LogP contribution in [0.5, 0.6) is 0 Å². The third-order valence-electron chi connectivity index (χ3n) is 3.83. The second-order valence-corrected chi connectivity index (χ2v) is 5.39. The summed E-state index contributed by atoms with van der Waals surface area (Å²) in [5, 5.41) is 3.25. The Balaban J connectivity index is 2.00. The monoisotopic (exact) mass is 294 g/mol. The number of piperidine rings is 1. The number of aryl methyl sites for hydroxylation is 1. The molecule has 0 radical (unpaired) electrons. The largest absolute Gasteiger partial charge is 0.465 e. The minimum absolute atomic E-state index is 0.0763. The van der Waals surface area contributed by atoms with Crippen LogP contribution in [0, 0.1) is 12.8 Å². The van der Waals surface area contributed by atoms with E-state index in [1.165, 1.54) is 7.11 Å². The summed E-state index contributed by atoms with van der Waals surface area (Å²) in [7, 11) is 3.10. The van der Waals surface area contributed by atoms with Crippen molar-refractivity contribution in [3.63, 3.8) is 0 Å². The highest BCUT2D eigenvalue weighted by molar-refractivity contribution is 5.90. The molecule has 1 amide bonds. The van der Waals surface area contributed by atoms with E-state index in [4.69, 9.17) is 9.15 Å². The molecule has 0 spiro atoms. The number of nitrogens with one attached hydrogen (secondary N) is 1. The molecule has 2 heterocycles. The Morgan fingerprint density at radius 3 is 2.71 bits per heavy atom. The number of carbonyl (C=O) groups excluding carboxylic acids is 2. The van der Waals surface area contributed by atoms with Gasteiger partial charge in [0.1, 0.15) is 17.1 Å². The lowest BCUT2D eigenvalue weighted by atomic mass is 9.97. The van der Waals surface area contributed by atoms with E-state index in [2.05, 4.69) is 5.32 Å².